The van der Waals surface area contributed by atoms with Crippen molar-refractivity contribution < 1.29 is 14.3 Å². The van der Waals surface area contributed by atoms with Crippen molar-refractivity contribution in [3.05, 3.63) is 85.2 Å². The zero-order valence-corrected chi connectivity index (χ0v) is 24.3. The van der Waals surface area contributed by atoms with E-state index in [2.05, 4.69) is 10.6 Å². The minimum absolute atomic E-state index is 0.00148. The van der Waals surface area contributed by atoms with Crippen LogP contribution in [0.25, 0.3) is 5.69 Å². The zero-order chi connectivity index (χ0) is 28.8. The van der Waals surface area contributed by atoms with E-state index in [4.69, 9.17) is 32.9 Å². The summed E-state index contributed by atoms with van der Waals surface area (Å²) < 4.78 is 7.61. The second-order valence-electron chi connectivity index (χ2n) is 11.0. The van der Waals surface area contributed by atoms with Crippen molar-refractivity contribution in [2.75, 3.05) is 19.0 Å². The second-order valence-corrected chi connectivity index (χ2v) is 11.8. The number of nitrogens with zero attached hydrogens (tertiary/aromatic N) is 3. The SMILES string of the molecule is CNC(=O)c1ccc(-n2c(NC3COC(C4CC4)C3)nc3c(c2=O)C[C@@H](C)N(C(=O)c2ccc(Cl)c(Cl)c2)C3)cc1. The number of hydrogen-bond donors (Lipinski definition) is 2. The molecule has 1 saturated heterocycles. The quantitative estimate of drug-likeness (QED) is 0.436. The number of halogens is 2. The molecule has 11 heteroatoms. The van der Waals surface area contributed by atoms with Crippen LogP contribution in [0.4, 0.5) is 5.95 Å². The fraction of sp³-hybridized carbons (Fsp3) is 0.400. The van der Waals surface area contributed by atoms with Crippen LogP contribution in [0.5, 0.6) is 0 Å². The van der Waals surface area contributed by atoms with Gasteiger partial charge in [0.15, 0.2) is 0 Å². The van der Waals surface area contributed by atoms with Crippen LogP contribution in [0.2, 0.25) is 10.0 Å². The third kappa shape index (κ3) is 5.46. The molecule has 0 radical (unpaired) electrons. The van der Waals surface area contributed by atoms with Gasteiger partial charge in [-0.2, -0.15) is 0 Å². The Morgan fingerprint density at radius 1 is 1.05 bits per heavy atom. The molecule has 1 saturated carbocycles. The van der Waals surface area contributed by atoms with Crippen molar-refractivity contribution in [1.82, 2.24) is 19.8 Å². The summed E-state index contributed by atoms with van der Waals surface area (Å²) in [4.78, 5) is 46.3. The van der Waals surface area contributed by atoms with Gasteiger partial charge >= 0.3 is 0 Å². The van der Waals surface area contributed by atoms with E-state index in [0.29, 0.717) is 63.0 Å². The first kappa shape index (κ1) is 27.8. The summed E-state index contributed by atoms with van der Waals surface area (Å²) in [5.41, 5.74) is 2.43. The largest absolute Gasteiger partial charge is 0.376 e. The van der Waals surface area contributed by atoms with Gasteiger partial charge < -0.3 is 20.3 Å². The third-order valence-corrected chi connectivity index (χ3v) is 8.90. The molecule has 214 valence electrons. The maximum atomic E-state index is 14.1. The van der Waals surface area contributed by atoms with Crippen molar-refractivity contribution in [1.29, 1.82) is 0 Å². The Kier molecular flexibility index (Phi) is 7.52. The van der Waals surface area contributed by atoms with Crippen LogP contribution in [-0.4, -0.2) is 58.1 Å². The average molecular weight is 597 g/mol. The minimum Gasteiger partial charge on any atom is -0.376 e. The van der Waals surface area contributed by atoms with Crippen molar-refractivity contribution >= 4 is 41.0 Å². The monoisotopic (exact) mass is 595 g/mol. The Labute approximate surface area is 247 Å². The van der Waals surface area contributed by atoms with Crippen molar-refractivity contribution in [2.24, 2.45) is 5.92 Å². The third-order valence-electron chi connectivity index (χ3n) is 8.17. The second kappa shape index (κ2) is 11.1. The molecule has 6 rings (SSSR count). The zero-order valence-electron chi connectivity index (χ0n) is 22.8. The molecule has 2 amide bonds. The van der Waals surface area contributed by atoms with Gasteiger partial charge in [-0.25, -0.2) is 9.55 Å². The molecular weight excluding hydrogens is 565 g/mol. The van der Waals surface area contributed by atoms with Crippen LogP contribution in [-0.2, 0) is 17.7 Å². The fourth-order valence-corrected chi connectivity index (χ4v) is 6.00. The van der Waals surface area contributed by atoms with E-state index < -0.39 is 0 Å². The van der Waals surface area contributed by atoms with Crippen molar-refractivity contribution in [2.45, 2.75) is 57.3 Å². The lowest BCUT2D eigenvalue weighted by Crippen LogP contribution is -2.46. The highest BCUT2D eigenvalue weighted by Gasteiger charge is 2.39. The summed E-state index contributed by atoms with van der Waals surface area (Å²) >= 11 is 12.2. The van der Waals surface area contributed by atoms with E-state index in [1.165, 1.54) is 12.8 Å². The summed E-state index contributed by atoms with van der Waals surface area (Å²) in [6, 6.07) is 11.4. The van der Waals surface area contributed by atoms with Gasteiger partial charge in [0.1, 0.15) is 0 Å². The normalized spacial score (nSPS) is 21.9. The summed E-state index contributed by atoms with van der Waals surface area (Å²) in [6.07, 6.45) is 3.79. The number of nitrogens with one attached hydrogen (secondary N) is 2. The molecule has 2 aromatic carbocycles. The molecule has 9 nitrogen and oxygen atoms in total. The molecule has 2 fully saturated rings. The first-order valence-electron chi connectivity index (χ1n) is 13.8. The van der Waals surface area contributed by atoms with Crippen molar-refractivity contribution in [3.8, 4) is 5.69 Å². The van der Waals surface area contributed by atoms with Gasteiger partial charge in [-0.15, -0.1) is 0 Å². The Morgan fingerprint density at radius 3 is 2.46 bits per heavy atom. The predicted octanol–water partition coefficient (Wildman–Crippen LogP) is 4.47. The Morgan fingerprint density at radius 2 is 1.78 bits per heavy atom. The lowest BCUT2D eigenvalue weighted by Gasteiger charge is -2.35. The average Bonchev–Trinajstić information content (AvgIpc) is 3.72. The number of fused-ring (bicyclic) bond motifs is 1. The van der Waals surface area contributed by atoms with Gasteiger partial charge in [0, 0.05) is 29.8 Å². The number of amides is 2. The summed E-state index contributed by atoms with van der Waals surface area (Å²) in [7, 11) is 1.57. The number of rotatable bonds is 6. The Hall–Kier alpha value is -3.40. The van der Waals surface area contributed by atoms with E-state index in [1.807, 2.05) is 6.92 Å². The van der Waals surface area contributed by atoms with Crippen LogP contribution in [0.1, 0.15) is 58.2 Å². The van der Waals surface area contributed by atoms with E-state index in [1.54, 1.807) is 59.0 Å². The number of aromatic nitrogens is 2. The van der Waals surface area contributed by atoms with Gasteiger partial charge in [0.05, 0.1) is 46.7 Å². The van der Waals surface area contributed by atoms with E-state index in [9.17, 15) is 14.4 Å². The van der Waals surface area contributed by atoms with Gasteiger partial charge in [0.2, 0.25) is 5.95 Å². The maximum Gasteiger partial charge on any atom is 0.263 e. The van der Waals surface area contributed by atoms with Crippen molar-refractivity contribution in [3.63, 3.8) is 0 Å². The van der Waals surface area contributed by atoms with Crippen LogP contribution in [0.15, 0.2) is 47.3 Å². The van der Waals surface area contributed by atoms with Crippen LogP contribution in [0, 0.1) is 5.92 Å². The van der Waals surface area contributed by atoms with E-state index in [0.717, 1.165) is 6.42 Å². The number of hydrogen-bond acceptors (Lipinski definition) is 6. The Balaban J connectivity index is 1.37. The molecule has 41 heavy (non-hydrogen) atoms. The van der Waals surface area contributed by atoms with Crippen LogP contribution >= 0.6 is 23.2 Å². The minimum atomic E-state index is -0.246. The standard InChI is InChI=1S/C30H31Cl2N5O4/c1-16-11-22-25(14-36(16)28(39)19-7-10-23(31)24(32)12-19)35-30(34-20-13-26(41-15-20)17-3-4-17)37(29(22)40)21-8-5-18(6-9-21)27(38)33-2/h5-10,12,16-17,20,26H,3-4,11,13-15H2,1-2H3,(H,33,38)(H,34,35)/t16-,20?,26?/m1/s1. The lowest BCUT2D eigenvalue weighted by molar-refractivity contribution is 0.0653. The highest BCUT2D eigenvalue weighted by molar-refractivity contribution is 6.42. The van der Waals surface area contributed by atoms with Gasteiger partial charge in [-0.1, -0.05) is 23.2 Å². The predicted molar refractivity (Wildman–Crippen MR) is 157 cm³/mol. The molecule has 2 N–H and O–H groups in total. The molecule has 3 heterocycles. The van der Waals surface area contributed by atoms with Crippen LogP contribution in [0.3, 0.4) is 0 Å². The highest BCUT2D eigenvalue weighted by Crippen LogP contribution is 2.39. The number of carbonyl (C=O) groups excluding carboxylic acids is 2. The number of benzene rings is 2. The number of ether oxygens (including phenoxy) is 1. The van der Waals surface area contributed by atoms with E-state index in [-0.39, 0.29) is 42.1 Å². The summed E-state index contributed by atoms with van der Waals surface area (Å²) in [5.74, 6) is 0.590. The smallest absolute Gasteiger partial charge is 0.263 e. The molecule has 1 aliphatic carbocycles. The molecule has 3 aromatic rings. The van der Waals surface area contributed by atoms with Gasteiger partial charge in [0.25, 0.3) is 17.4 Å². The molecule has 3 aliphatic rings. The summed E-state index contributed by atoms with van der Waals surface area (Å²) in [6.45, 7) is 2.63. The first-order chi connectivity index (χ1) is 19.7. The molecule has 1 aromatic heterocycles. The molecule has 2 aliphatic heterocycles. The number of anilines is 1. The molecule has 0 bridgehead atoms. The first-order valence-corrected chi connectivity index (χ1v) is 14.6. The summed E-state index contributed by atoms with van der Waals surface area (Å²) in [5, 5.41) is 6.77. The van der Waals surface area contributed by atoms with Crippen LogP contribution < -0.4 is 16.2 Å². The topological polar surface area (TPSA) is 106 Å². The van der Waals surface area contributed by atoms with Gasteiger partial charge in [-0.3, -0.25) is 14.4 Å². The fourth-order valence-electron chi connectivity index (χ4n) is 5.70. The molecule has 3 atom stereocenters. The molecular formula is C30H31Cl2N5O4. The van der Waals surface area contributed by atoms with E-state index >= 15 is 0 Å². The molecule has 2 unspecified atom stereocenters. The highest BCUT2D eigenvalue weighted by atomic mass is 35.5. The van der Waals surface area contributed by atoms with Gasteiger partial charge in [-0.05, 0) is 81.0 Å². The maximum absolute atomic E-state index is 14.1. The molecule has 0 spiro atoms. The number of carbonyl (C=O) groups is 2. The Bertz CT molecular complexity index is 1570. The lowest BCUT2D eigenvalue weighted by atomic mass is 9.98.